The third-order valence-electron chi connectivity index (χ3n) is 3.21. The summed E-state index contributed by atoms with van der Waals surface area (Å²) in [6.45, 7) is 1.20. The highest BCUT2D eigenvalue weighted by Crippen LogP contribution is 2.30. The number of carbonyl (C=O) groups is 1. The molecule has 5 heteroatoms. The van der Waals surface area contributed by atoms with E-state index in [1.807, 2.05) is 11.0 Å². The summed E-state index contributed by atoms with van der Waals surface area (Å²) in [5.74, 6) is -1.15. The van der Waals surface area contributed by atoms with Crippen LogP contribution in [0.2, 0.25) is 5.02 Å². The first-order valence-electron chi connectivity index (χ1n) is 5.80. The zero-order valence-electron chi connectivity index (χ0n) is 9.77. The van der Waals surface area contributed by atoms with Crippen LogP contribution < -0.4 is 4.90 Å². The Labute approximate surface area is 110 Å². The molecule has 1 aromatic rings. The number of benzene rings is 1. The third-order valence-corrected chi connectivity index (χ3v) is 3.53. The number of hydrogen-bond donors (Lipinski definition) is 1. The summed E-state index contributed by atoms with van der Waals surface area (Å²) in [6.07, 6.45) is 1.50. The fourth-order valence-corrected chi connectivity index (χ4v) is 2.50. The Morgan fingerprint density at radius 1 is 1.56 bits per heavy atom. The normalized spacial score (nSPS) is 19.3. The van der Waals surface area contributed by atoms with Crippen molar-refractivity contribution in [2.24, 2.45) is 5.92 Å². The van der Waals surface area contributed by atoms with Crippen LogP contribution in [0.5, 0.6) is 0 Å². The summed E-state index contributed by atoms with van der Waals surface area (Å²) in [6, 6.07) is 7.35. The molecule has 1 atom stereocenters. The lowest BCUT2D eigenvalue weighted by molar-refractivity contribution is -0.141. The summed E-state index contributed by atoms with van der Waals surface area (Å²) >= 11 is 5.98. The molecule has 0 radical (unpaired) electrons. The van der Waals surface area contributed by atoms with Crippen LogP contribution >= 0.6 is 11.6 Å². The van der Waals surface area contributed by atoms with Gasteiger partial charge in [0.1, 0.15) is 6.07 Å². The standard InChI is InChI=1S/C13H13ClN2O2/c14-11-4-1-5-12(10(11)7-15)16-6-2-3-9(8-16)13(17)18/h1,4-5,9H,2-3,6,8H2,(H,17,18). The Morgan fingerprint density at radius 2 is 2.33 bits per heavy atom. The Hall–Kier alpha value is -1.73. The van der Waals surface area contributed by atoms with Crippen molar-refractivity contribution in [1.82, 2.24) is 0 Å². The highest BCUT2D eigenvalue weighted by molar-refractivity contribution is 6.32. The molecule has 1 fully saturated rings. The van der Waals surface area contributed by atoms with E-state index in [-0.39, 0.29) is 5.92 Å². The monoisotopic (exact) mass is 264 g/mol. The molecule has 1 unspecified atom stereocenters. The van der Waals surface area contributed by atoms with E-state index in [4.69, 9.17) is 22.0 Å². The van der Waals surface area contributed by atoms with Gasteiger partial charge in [-0.3, -0.25) is 4.79 Å². The zero-order chi connectivity index (χ0) is 13.1. The summed E-state index contributed by atoms with van der Waals surface area (Å²) in [5.41, 5.74) is 1.15. The van der Waals surface area contributed by atoms with E-state index < -0.39 is 5.97 Å². The average Bonchev–Trinajstić information content (AvgIpc) is 2.38. The summed E-state index contributed by atoms with van der Waals surface area (Å²) in [4.78, 5) is 13.0. The van der Waals surface area contributed by atoms with Crippen molar-refractivity contribution in [2.45, 2.75) is 12.8 Å². The smallest absolute Gasteiger partial charge is 0.308 e. The molecule has 0 amide bonds. The average molecular weight is 265 g/mol. The van der Waals surface area contributed by atoms with Crippen LogP contribution in [0.3, 0.4) is 0 Å². The van der Waals surface area contributed by atoms with Crippen molar-refractivity contribution >= 4 is 23.3 Å². The lowest BCUT2D eigenvalue weighted by Gasteiger charge is -2.33. The molecule has 0 bridgehead atoms. The largest absolute Gasteiger partial charge is 0.481 e. The van der Waals surface area contributed by atoms with Crippen LogP contribution in [0.15, 0.2) is 18.2 Å². The predicted octanol–water partition coefficient (Wildman–Crippen LogP) is 2.51. The molecule has 18 heavy (non-hydrogen) atoms. The highest BCUT2D eigenvalue weighted by Gasteiger charge is 2.26. The summed E-state index contributed by atoms with van der Waals surface area (Å²) in [5, 5.41) is 18.6. The number of nitrogens with zero attached hydrogens (tertiary/aromatic N) is 2. The number of hydrogen-bond acceptors (Lipinski definition) is 3. The number of piperidine rings is 1. The number of anilines is 1. The molecular formula is C13H13ClN2O2. The second-order valence-corrected chi connectivity index (χ2v) is 4.78. The van der Waals surface area contributed by atoms with Gasteiger partial charge in [-0.1, -0.05) is 17.7 Å². The molecule has 0 aromatic heterocycles. The van der Waals surface area contributed by atoms with Gasteiger partial charge in [0.05, 0.1) is 22.2 Å². The Balaban J connectivity index is 2.29. The van der Waals surface area contributed by atoms with Crippen LogP contribution in [0, 0.1) is 17.2 Å². The predicted molar refractivity (Wildman–Crippen MR) is 68.7 cm³/mol. The van der Waals surface area contributed by atoms with Crippen molar-refractivity contribution in [3.8, 4) is 6.07 Å². The molecule has 94 valence electrons. The SMILES string of the molecule is N#Cc1c(Cl)cccc1N1CCCC(C(=O)O)C1. The lowest BCUT2D eigenvalue weighted by atomic mass is 9.97. The maximum Gasteiger partial charge on any atom is 0.308 e. The zero-order valence-corrected chi connectivity index (χ0v) is 10.5. The minimum Gasteiger partial charge on any atom is -0.481 e. The van der Waals surface area contributed by atoms with Gasteiger partial charge in [0.15, 0.2) is 0 Å². The van der Waals surface area contributed by atoms with Gasteiger partial charge in [0.2, 0.25) is 0 Å². The van der Waals surface area contributed by atoms with E-state index in [2.05, 4.69) is 6.07 Å². The van der Waals surface area contributed by atoms with E-state index in [0.29, 0.717) is 23.6 Å². The molecule has 1 saturated heterocycles. The minimum atomic E-state index is -0.778. The fourth-order valence-electron chi connectivity index (χ4n) is 2.28. The van der Waals surface area contributed by atoms with Gasteiger partial charge in [-0.25, -0.2) is 0 Å². The van der Waals surface area contributed by atoms with Gasteiger partial charge < -0.3 is 10.0 Å². The topological polar surface area (TPSA) is 64.3 Å². The Morgan fingerprint density at radius 3 is 3.00 bits per heavy atom. The minimum absolute atomic E-state index is 0.371. The van der Waals surface area contributed by atoms with Gasteiger partial charge >= 0.3 is 5.97 Å². The van der Waals surface area contributed by atoms with Crippen LogP contribution in [0.25, 0.3) is 0 Å². The first-order valence-corrected chi connectivity index (χ1v) is 6.17. The first kappa shape index (κ1) is 12.7. The molecule has 1 N–H and O–H groups in total. The van der Waals surface area contributed by atoms with Crippen LogP contribution in [0.1, 0.15) is 18.4 Å². The van der Waals surface area contributed by atoms with E-state index in [1.165, 1.54) is 0 Å². The van der Waals surface area contributed by atoms with Crippen molar-refractivity contribution in [2.75, 3.05) is 18.0 Å². The number of rotatable bonds is 2. The third kappa shape index (κ3) is 2.41. The number of carboxylic acid groups (broad SMARTS) is 1. The van der Waals surface area contributed by atoms with E-state index >= 15 is 0 Å². The molecule has 4 nitrogen and oxygen atoms in total. The Kier molecular flexibility index (Phi) is 3.73. The van der Waals surface area contributed by atoms with Gasteiger partial charge in [0, 0.05) is 13.1 Å². The molecule has 1 aliphatic heterocycles. The molecule has 0 spiro atoms. The quantitative estimate of drug-likeness (QED) is 0.891. The first-order chi connectivity index (χ1) is 8.63. The maximum absolute atomic E-state index is 11.0. The molecule has 2 rings (SSSR count). The van der Waals surface area contributed by atoms with Crippen molar-refractivity contribution in [3.05, 3.63) is 28.8 Å². The molecule has 1 aromatic carbocycles. The lowest BCUT2D eigenvalue weighted by Crippen LogP contribution is -2.39. The number of aliphatic carboxylic acids is 1. The molecule has 1 heterocycles. The maximum atomic E-state index is 11.0. The number of nitriles is 1. The number of halogens is 1. The van der Waals surface area contributed by atoms with E-state index in [9.17, 15) is 4.79 Å². The van der Waals surface area contributed by atoms with E-state index in [0.717, 1.165) is 18.7 Å². The fraction of sp³-hybridized carbons (Fsp3) is 0.385. The van der Waals surface area contributed by atoms with Gasteiger partial charge in [0.25, 0.3) is 0 Å². The van der Waals surface area contributed by atoms with Crippen molar-refractivity contribution in [3.63, 3.8) is 0 Å². The Bertz CT molecular complexity index is 510. The van der Waals surface area contributed by atoms with Crippen LogP contribution in [-0.2, 0) is 4.79 Å². The van der Waals surface area contributed by atoms with Gasteiger partial charge in [-0.2, -0.15) is 5.26 Å². The second kappa shape index (κ2) is 5.28. The molecular weight excluding hydrogens is 252 g/mol. The molecule has 0 saturated carbocycles. The van der Waals surface area contributed by atoms with Gasteiger partial charge in [-0.15, -0.1) is 0 Å². The molecule has 0 aliphatic carbocycles. The van der Waals surface area contributed by atoms with Crippen LogP contribution in [-0.4, -0.2) is 24.2 Å². The molecule has 1 aliphatic rings. The van der Waals surface area contributed by atoms with Gasteiger partial charge in [-0.05, 0) is 25.0 Å². The highest BCUT2D eigenvalue weighted by atomic mass is 35.5. The van der Waals surface area contributed by atoms with E-state index in [1.54, 1.807) is 12.1 Å². The van der Waals surface area contributed by atoms with Crippen molar-refractivity contribution < 1.29 is 9.90 Å². The number of carboxylic acids is 1. The van der Waals surface area contributed by atoms with Crippen molar-refractivity contribution in [1.29, 1.82) is 5.26 Å². The summed E-state index contributed by atoms with van der Waals surface area (Å²) in [7, 11) is 0. The second-order valence-electron chi connectivity index (χ2n) is 4.37. The summed E-state index contributed by atoms with van der Waals surface area (Å²) < 4.78 is 0. The van der Waals surface area contributed by atoms with Crippen LogP contribution in [0.4, 0.5) is 5.69 Å².